The minimum atomic E-state index is -0.585. The largest absolute Gasteiger partial charge is 0.497 e. The molecular weight excluding hydrogens is 281 g/mol. The number of halogens is 2. The fourth-order valence-electron chi connectivity index (χ4n) is 1.16. The van der Waals surface area contributed by atoms with Crippen LogP contribution in [0.2, 0.25) is 0 Å². The van der Waals surface area contributed by atoms with Gasteiger partial charge in [0.15, 0.2) is 0 Å². The molecule has 0 aliphatic rings. The van der Waals surface area contributed by atoms with Gasteiger partial charge < -0.3 is 15.6 Å². The summed E-state index contributed by atoms with van der Waals surface area (Å²) in [6.07, 6.45) is -0.585. The number of benzene rings is 1. The van der Waals surface area contributed by atoms with E-state index in [2.05, 4.69) is 15.9 Å². The van der Waals surface area contributed by atoms with Crippen LogP contribution in [0.5, 0.6) is 5.75 Å². The molecule has 0 radical (unpaired) electrons. The molecule has 0 heterocycles. The van der Waals surface area contributed by atoms with Gasteiger partial charge in [-0.25, -0.2) is 0 Å². The van der Waals surface area contributed by atoms with E-state index in [4.69, 9.17) is 10.5 Å². The van der Waals surface area contributed by atoms with Crippen molar-refractivity contribution >= 4 is 28.3 Å². The average Bonchev–Trinajstić information content (AvgIpc) is 2.17. The maximum Gasteiger partial charge on any atom is 0.119 e. The van der Waals surface area contributed by atoms with Crippen LogP contribution >= 0.6 is 28.3 Å². The van der Waals surface area contributed by atoms with Gasteiger partial charge in [-0.05, 0) is 30.7 Å². The number of aliphatic hydroxyl groups excluding tert-OH is 1. The first kappa shape index (κ1) is 14.7. The first-order valence-corrected chi connectivity index (χ1v) is 5.12. The van der Waals surface area contributed by atoms with E-state index in [1.165, 1.54) is 0 Å². The topological polar surface area (TPSA) is 55.5 Å². The highest BCUT2D eigenvalue weighted by atomic mass is 79.9. The molecular formula is C10H15BrClNO2. The molecule has 1 rings (SSSR count). The monoisotopic (exact) mass is 295 g/mol. The van der Waals surface area contributed by atoms with Crippen LogP contribution in [0.3, 0.4) is 0 Å². The number of methoxy groups -OCH3 is 1. The summed E-state index contributed by atoms with van der Waals surface area (Å²) in [4.78, 5) is 0. The van der Waals surface area contributed by atoms with E-state index in [1.807, 2.05) is 18.2 Å². The van der Waals surface area contributed by atoms with Crippen molar-refractivity contribution < 1.29 is 9.84 Å². The third-order valence-electron chi connectivity index (χ3n) is 2.08. The zero-order valence-electron chi connectivity index (χ0n) is 8.61. The highest BCUT2D eigenvalue weighted by Gasteiger charge is 2.15. The van der Waals surface area contributed by atoms with Crippen LogP contribution in [0, 0.1) is 0 Å². The Morgan fingerprint density at radius 1 is 1.47 bits per heavy atom. The quantitative estimate of drug-likeness (QED) is 0.899. The first-order chi connectivity index (χ1) is 6.56. The predicted molar refractivity (Wildman–Crippen MR) is 66.6 cm³/mol. The Morgan fingerprint density at radius 3 is 2.53 bits per heavy atom. The van der Waals surface area contributed by atoms with E-state index in [0.717, 1.165) is 15.8 Å². The van der Waals surface area contributed by atoms with E-state index in [0.29, 0.717) is 0 Å². The van der Waals surface area contributed by atoms with Gasteiger partial charge in [0, 0.05) is 4.47 Å². The van der Waals surface area contributed by atoms with E-state index < -0.39 is 12.1 Å². The highest BCUT2D eigenvalue weighted by Crippen LogP contribution is 2.28. The van der Waals surface area contributed by atoms with Crippen molar-refractivity contribution in [3.05, 3.63) is 28.2 Å². The molecule has 0 bridgehead atoms. The Balaban J connectivity index is 0.00000196. The van der Waals surface area contributed by atoms with E-state index in [9.17, 15) is 5.11 Å². The van der Waals surface area contributed by atoms with Crippen molar-refractivity contribution in [1.82, 2.24) is 0 Å². The molecule has 86 valence electrons. The van der Waals surface area contributed by atoms with Gasteiger partial charge in [0.1, 0.15) is 5.75 Å². The van der Waals surface area contributed by atoms with Crippen LogP contribution in [-0.2, 0) is 0 Å². The predicted octanol–water partition coefficient (Wildman–Crippen LogP) is 2.26. The number of hydrogen-bond donors (Lipinski definition) is 2. The minimum absolute atomic E-state index is 0. The van der Waals surface area contributed by atoms with Crippen molar-refractivity contribution in [3.8, 4) is 5.75 Å². The summed E-state index contributed by atoms with van der Waals surface area (Å²) < 4.78 is 5.96. The number of nitrogens with two attached hydrogens (primary N) is 1. The first-order valence-electron chi connectivity index (χ1n) is 4.33. The van der Waals surface area contributed by atoms with Crippen LogP contribution in [0.15, 0.2) is 22.7 Å². The Labute approximate surface area is 104 Å². The van der Waals surface area contributed by atoms with E-state index in [-0.39, 0.29) is 12.4 Å². The summed E-state index contributed by atoms with van der Waals surface area (Å²) in [6, 6.07) is 5.11. The molecule has 0 fully saturated rings. The smallest absolute Gasteiger partial charge is 0.119 e. The highest BCUT2D eigenvalue weighted by molar-refractivity contribution is 9.10. The van der Waals surface area contributed by atoms with Gasteiger partial charge in [0.05, 0.1) is 19.3 Å². The molecule has 5 heteroatoms. The maximum absolute atomic E-state index is 9.38. The zero-order chi connectivity index (χ0) is 10.7. The molecule has 0 spiro atoms. The fourth-order valence-corrected chi connectivity index (χ4v) is 1.68. The van der Waals surface area contributed by atoms with Crippen LogP contribution in [0.25, 0.3) is 0 Å². The van der Waals surface area contributed by atoms with Gasteiger partial charge in [-0.1, -0.05) is 15.9 Å². The molecule has 15 heavy (non-hydrogen) atoms. The second-order valence-electron chi connectivity index (χ2n) is 3.15. The second-order valence-corrected chi connectivity index (χ2v) is 4.01. The van der Waals surface area contributed by atoms with Gasteiger partial charge in [-0.3, -0.25) is 0 Å². The van der Waals surface area contributed by atoms with Crippen LogP contribution < -0.4 is 10.5 Å². The third-order valence-corrected chi connectivity index (χ3v) is 2.80. The molecule has 0 aliphatic heterocycles. The average molecular weight is 297 g/mol. The molecule has 0 saturated carbocycles. The molecule has 0 amide bonds. The van der Waals surface area contributed by atoms with Gasteiger partial charge >= 0.3 is 0 Å². The molecule has 1 aromatic carbocycles. The lowest BCUT2D eigenvalue weighted by Crippen LogP contribution is -2.23. The number of hydrogen-bond acceptors (Lipinski definition) is 3. The summed E-state index contributed by atoms with van der Waals surface area (Å²) in [5, 5.41) is 9.38. The molecule has 0 unspecified atom stereocenters. The minimum Gasteiger partial charge on any atom is -0.497 e. The maximum atomic E-state index is 9.38. The summed E-state index contributed by atoms with van der Waals surface area (Å²) in [6.45, 7) is 1.66. The molecule has 3 N–H and O–H groups in total. The third kappa shape index (κ3) is 3.65. The summed E-state index contributed by atoms with van der Waals surface area (Å²) in [7, 11) is 1.60. The number of aliphatic hydroxyl groups is 1. The molecule has 1 aromatic rings. The SMILES string of the molecule is COc1ccc(Br)c([C@H](N)[C@@H](C)O)c1.Cl. The Kier molecular flexibility index (Phi) is 6.20. The summed E-state index contributed by atoms with van der Waals surface area (Å²) in [5.41, 5.74) is 6.67. The van der Waals surface area contributed by atoms with Gasteiger partial charge in [-0.15, -0.1) is 12.4 Å². The van der Waals surface area contributed by atoms with Gasteiger partial charge in [0.2, 0.25) is 0 Å². The Morgan fingerprint density at radius 2 is 2.07 bits per heavy atom. The van der Waals surface area contributed by atoms with Crippen molar-refractivity contribution in [3.63, 3.8) is 0 Å². The lowest BCUT2D eigenvalue weighted by atomic mass is 10.0. The van der Waals surface area contributed by atoms with Crippen LogP contribution in [0.1, 0.15) is 18.5 Å². The van der Waals surface area contributed by atoms with Gasteiger partial charge in [-0.2, -0.15) is 0 Å². The zero-order valence-corrected chi connectivity index (χ0v) is 11.0. The molecule has 0 aromatic heterocycles. The second kappa shape index (κ2) is 6.33. The van der Waals surface area contributed by atoms with Crippen LogP contribution in [-0.4, -0.2) is 18.3 Å². The summed E-state index contributed by atoms with van der Waals surface area (Å²) >= 11 is 3.38. The van der Waals surface area contributed by atoms with Crippen molar-refractivity contribution in [1.29, 1.82) is 0 Å². The Hall–Kier alpha value is -0.290. The van der Waals surface area contributed by atoms with E-state index in [1.54, 1.807) is 14.0 Å². The summed E-state index contributed by atoms with van der Waals surface area (Å²) in [5.74, 6) is 0.735. The molecule has 0 saturated heterocycles. The standard InChI is InChI=1S/C10H14BrNO2.ClH/c1-6(13)10(12)8-5-7(14-2)3-4-9(8)11;/h3-6,10,13H,12H2,1-2H3;1H/t6-,10-;/m1./s1. The molecule has 0 aliphatic carbocycles. The van der Waals surface area contributed by atoms with Gasteiger partial charge in [0.25, 0.3) is 0 Å². The molecule has 2 atom stereocenters. The number of rotatable bonds is 3. The normalized spacial score (nSPS) is 13.9. The van der Waals surface area contributed by atoms with Crippen LogP contribution in [0.4, 0.5) is 0 Å². The molecule has 3 nitrogen and oxygen atoms in total. The fraction of sp³-hybridized carbons (Fsp3) is 0.400. The lowest BCUT2D eigenvalue weighted by Gasteiger charge is -2.17. The van der Waals surface area contributed by atoms with Crippen molar-refractivity contribution in [2.24, 2.45) is 5.73 Å². The van der Waals surface area contributed by atoms with Crippen molar-refractivity contribution in [2.75, 3.05) is 7.11 Å². The van der Waals surface area contributed by atoms with E-state index >= 15 is 0 Å². The van der Waals surface area contributed by atoms with Crippen molar-refractivity contribution in [2.45, 2.75) is 19.1 Å². The lowest BCUT2D eigenvalue weighted by molar-refractivity contribution is 0.164. The Bertz CT molecular complexity index is 320. The number of ether oxygens (including phenoxy) is 1.